The highest BCUT2D eigenvalue weighted by Crippen LogP contribution is 2.09. The highest BCUT2D eigenvalue weighted by molar-refractivity contribution is 7.85. The molecule has 0 heterocycles. The van der Waals surface area contributed by atoms with Gasteiger partial charge in [-0.05, 0) is 24.6 Å². The van der Waals surface area contributed by atoms with Crippen molar-refractivity contribution in [2.45, 2.75) is 18.7 Å². The van der Waals surface area contributed by atoms with Gasteiger partial charge in [0.1, 0.15) is 0 Å². The number of hydrogen-bond donors (Lipinski definition) is 2. The van der Waals surface area contributed by atoms with Crippen LogP contribution in [0.2, 0.25) is 0 Å². The number of rotatable bonds is 1. The average molecular weight is 232 g/mol. The van der Waals surface area contributed by atoms with E-state index in [-0.39, 0.29) is 4.90 Å². The van der Waals surface area contributed by atoms with Crippen LogP contribution < -0.4 is 0 Å². The molecule has 1 aromatic rings. The first-order valence-electron chi connectivity index (χ1n) is 3.97. The van der Waals surface area contributed by atoms with Gasteiger partial charge in [0, 0.05) is 6.92 Å². The Morgan fingerprint density at radius 3 is 2.07 bits per heavy atom. The molecule has 0 aliphatic carbocycles. The molecule has 0 spiro atoms. The van der Waals surface area contributed by atoms with E-state index >= 15 is 0 Å². The molecule has 84 valence electrons. The van der Waals surface area contributed by atoms with Gasteiger partial charge in [0.25, 0.3) is 16.1 Å². The molecule has 0 aliphatic heterocycles. The van der Waals surface area contributed by atoms with Crippen molar-refractivity contribution in [3.05, 3.63) is 29.8 Å². The number of carboxylic acids is 1. The van der Waals surface area contributed by atoms with Gasteiger partial charge in [0.05, 0.1) is 4.90 Å². The monoisotopic (exact) mass is 232 g/mol. The lowest BCUT2D eigenvalue weighted by molar-refractivity contribution is -0.134. The first-order chi connectivity index (χ1) is 6.73. The largest absolute Gasteiger partial charge is 0.481 e. The Morgan fingerprint density at radius 1 is 1.33 bits per heavy atom. The Hall–Kier alpha value is -1.40. The first kappa shape index (κ1) is 13.6. The molecule has 1 aromatic carbocycles. The molecule has 0 unspecified atom stereocenters. The molecule has 0 atom stereocenters. The van der Waals surface area contributed by atoms with Crippen molar-refractivity contribution < 1.29 is 22.9 Å². The molecule has 0 saturated heterocycles. The fraction of sp³-hybridized carbons (Fsp3) is 0.222. The first-order valence-corrected chi connectivity index (χ1v) is 5.41. The smallest absolute Gasteiger partial charge is 0.300 e. The van der Waals surface area contributed by atoms with Crippen LogP contribution in [0.5, 0.6) is 0 Å². The van der Waals surface area contributed by atoms with Crippen molar-refractivity contribution in [1.29, 1.82) is 0 Å². The summed E-state index contributed by atoms with van der Waals surface area (Å²) in [4.78, 5) is 8.94. The van der Waals surface area contributed by atoms with Gasteiger partial charge in [-0.15, -0.1) is 0 Å². The van der Waals surface area contributed by atoms with Crippen LogP contribution in [0.4, 0.5) is 0 Å². The maximum absolute atomic E-state index is 10.5. The maximum atomic E-state index is 10.5. The van der Waals surface area contributed by atoms with E-state index < -0.39 is 16.1 Å². The molecule has 0 amide bonds. The second-order valence-electron chi connectivity index (χ2n) is 2.81. The predicted octanol–water partition coefficient (Wildman–Crippen LogP) is 1.33. The van der Waals surface area contributed by atoms with Crippen LogP contribution in [-0.2, 0) is 14.9 Å². The van der Waals surface area contributed by atoms with Crippen LogP contribution in [0, 0.1) is 6.92 Å². The Kier molecular flexibility index (Phi) is 4.96. The molecule has 0 bridgehead atoms. The topological polar surface area (TPSA) is 91.7 Å². The van der Waals surface area contributed by atoms with E-state index in [0.29, 0.717) is 0 Å². The van der Waals surface area contributed by atoms with Gasteiger partial charge >= 0.3 is 0 Å². The van der Waals surface area contributed by atoms with Gasteiger partial charge in [-0.25, -0.2) is 0 Å². The van der Waals surface area contributed by atoms with Crippen molar-refractivity contribution in [3.63, 3.8) is 0 Å². The second-order valence-corrected chi connectivity index (χ2v) is 4.23. The Bertz CT molecular complexity index is 432. The molecule has 2 N–H and O–H groups in total. The Balaban J connectivity index is 0.000000423. The summed E-state index contributed by atoms with van der Waals surface area (Å²) >= 11 is 0. The number of hydrogen-bond acceptors (Lipinski definition) is 3. The lowest BCUT2D eigenvalue weighted by atomic mass is 10.2. The van der Waals surface area contributed by atoms with E-state index in [9.17, 15) is 8.42 Å². The fourth-order valence-electron chi connectivity index (χ4n) is 0.776. The fourth-order valence-corrected chi connectivity index (χ4v) is 1.36. The summed E-state index contributed by atoms with van der Waals surface area (Å²) < 4.78 is 29.7. The van der Waals surface area contributed by atoms with Crippen LogP contribution in [-0.4, -0.2) is 24.0 Å². The summed E-state index contributed by atoms with van der Waals surface area (Å²) in [5, 5.41) is 7.42. The standard InChI is InChI=1S/C7H8O3S.C2H4O2/c1-6-3-2-4-7(5-6)11(8,9)10;1-2(3)4/h2-5H,1H3,(H,8,9,10);1H3,(H,3,4). The van der Waals surface area contributed by atoms with Crippen LogP contribution >= 0.6 is 0 Å². The van der Waals surface area contributed by atoms with Gasteiger partial charge in [-0.1, -0.05) is 12.1 Å². The van der Waals surface area contributed by atoms with Gasteiger partial charge in [-0.3, -0.25) is 9.35 Å². The summed E-state index contributed by atoms with van der Waals surface area (Å²) in [5.41, 5.74) is 0.806. The van der Waals surface area contributed by atoms with Gasteiger partial charge < -0.3 is 5.11 Å². The molecule has 0 aliphatic rings. The summed E-state index contributed by atoms with van der Waals surface area (Å²) in [7, 11) is -4.03. The van der Waals surface area contributed by atoms with E-state index in [1.165, 1.54) is 12.1 Å². The molecule has 15 heavy (non-hydrogen) atoms. The van der Waals surface area contributed by atoms with E-state index in [4.69, 9.17) is 14.5 Å². The lowest BCUT2D eigenvalue weighted by Crippen LogP contribution is -1.97. The molecule has 1 rings (SSSR count). The van der Waals surface area contributed by atoms with E-state index in [2.05, 4.69) is 0 Å². The van der Waals surface area contributed by atoms with Gasteiger partial charge in [0.2, 0.25) is 0 Å². The van der Waals surface area contributed by atoms with Crippen LogP contribution in [0.1, 0.15) is 12.5 Å². The summed E-state index contributed by atoms with van der Waals surface area (Å²) in [6.45, 7) is 2.84. The SMILES string of the molecule is CC(=O)O.Cc1cccc(S(=O)(=O)O)c1. The van der Waals surface area contributed by atoms with Crippen LogP contribution in [0.15, 0.2) is 29.2 Å². The van der Waals surface area contributed by atoms with Crippen LogP contribution in [0.3, 0.4) is 0 Å². The zero-order valence-electron chi connectivity index (χ0n) is 8.34. The predicted molar refractivity (Wildman–Crippen MR) is 54.3 cm³/mol. The second kappa shape index (κ2) is 5.47. The van der Waals surface area contributed by atoms with Crippen molar-refractivity contribution in [2.75, 3.05) is 0 Å². The number of benzene rings is 1. The van der Waals surface area contributed by atoms with E-state index in [0.717, 1.165) is 12.5 Å². The van der Waals surface area contributed by atoms with Crippen molar-refractivity contribution in [3.8, 4) is 0 Å². The zero-order valence-corrected chi connectivity index (χ0v) is 9.15. The van der Waals surface area contributed by atoms with E-state index in [1.54, 1.807) is 19.1 Å². The highest BCUT2D eigenvalue weighted by Gasteiger charge is 2.07. The molecule has 0 aromatic heterocycles. The normalized spacial score (nSPS) is 10.1. The number of aliphatic carboxylic acids is 1. The van der Waals surface area contributed by atoms with Gasteiger partial charge in [-0.2, -0.15) is 8.42 Å². The van der Waals surface area contributed by atoms with Crippen molar-refractivity contribution in [2.24, 2.45) is 0 Å². The summed E-state index contributed by atoms with van der Waals surface area (Å²) in [5.74, 6) is -0.833. The quantitative estimate of drug-likeness (QED) is 0.713. The minimum absolute atomic E-state index is 0.0579. The minimum Gasteiger partial charge on any atom is -0.481 e. The summed E-state index contributed by atoms with van der Waals surface area (Å²) in [6, 6.07) is 6.10. The third-order valence-corrected chi connectivity index (χ3v) is 2.14. The molecule has 0 fully saturated rings. The molecular formula is C9H12O5S. The lowest BCUT2D eigenvalue weighted by Gasteiger charge is -1.96. The molecule has 0 saturated carbocycles. The third-order valence-electron chi connectivity index (χ3n) is 1.29. The number of aryl methyl sites for hydroxylation is 1. The minimum atomic E-state index is -4.03. The number of carbonyl (C=O) groups is 1. The summed E-state index contributed by atoms with van der Waals surface area (Å²) in [6.07, 6.45) is 0. The van der Waals surface area contributed by atoms with Gasteiger partial charge in [0.15, 0.2) is 0 Å². The molecule has 6 heteroatoms. The van der Waals surface area contributed by atoms with Crippen LogP contribution in [0.25, 0.3) is 0 Å². The number of carboxylic acid groups (broad SMARTS) is 1. The molecule has 5 nitrogen and oxygen atoms in total. The highest BCUT2D eigenvalue weighted by atomic mass is 32.2. The van der Waals surface area contributed by atoms with Crippen molar-refractivity contribution in [1.82, 2.24) is 0 Å². The third kappa shape index (κ3) is 6.64. The molecule has 0 radical (unpaired) electrons. The maximum Gasteiger partial charge on any atom is 0.300 e. The van der Waals surface area contributed by atoms with Crippen molar-refractivity contribution >= 4 is 16.1 Å². The van der Waals surface area contributed by atoms with E-state index in [1.807, 2.05) is 0 Å². The zero-order chi connectivity index (χ0) is 12.1. The molecular weight excluding hydrogens is 220 g/mol. The Morgan fingerprint density at radius 2 is 1.80 bits per heavy atom. The Labute approximate surface area is 88.1 Å². The average Bonchev–Trinajstić information content (AvgIpc) is 2.01.